The quantitative estimate of drug-likeness (QED) is 0.271. The van der Waals surface area contributed by atoms with Gasteiger partial charge in [0, 0.05) is 16.3 Å². The van der Waals surface area contributed by atoms with E-state index in [2.05, 4.69) is 11.1 Å². The van der Waals surface area contributed by atoms with Gasteiger partial charge in [0.15, 0.2) is 0 Å². The minimum absolute atomic E-state index is 0.115. The van der Waals surface area contributed by atoms with Crippen molar-refractivity contribution in [3.8, 4) is 16.3 Å². The number of rotatable bonds is 5. The standard InChI is InChI=1S/C30H22N2O3S/c33-23-13-10-19(11-14-23)16-21-12-15-25-27(24-8-4-5-9-26(24)32-28(21)25)30(34)35-17-22-18-36-29(31-22)20-6-2-1-3-7-20/h1-11,13-14,16,18,33H,12,15,17H2/b21-16+. The van der Waals surface area contributed by atoms with E-state index >= 15 is 0 Å². The van der Waals surface area contributed by atoms with Gasteiger partial charge in [0.1, 0.15) is 17.4 Å². The molecule has 1 aliphatic rings. The number of carbonyl (C=O) groups is 1. The van der Waals surface area contributed by atoms with Crippen LogP contribution in [0.1, 0.15) is 39.3 Å². The fraction of sp³-hybridized carbons (Fsp3) is 0.100. The first-order chi connectivity index (χ1) is 17.7. The van der Waals surface area contributed by atoms with Crippen LogP contribution in [0.25, 0.3) is 33.1 Å². The highest BCUT2D eigenvalue weighted by atomic mass is 32.1. The third kappa shape index (κ3) is 4.27. The SMILES string of the molecule is O=C(OCc1csc(-c2ccccc2)n1)c1c2c(nc3ccccc13)/C(=C/c1ccc(O)cc1)CC2. The number of hydrogen-bond donors (Lipinski definition) is 1. The third-order valence-corrected chi connectivity index (χ3v) is 7.24. The number of phenols is 1. The molecule has 5 nitrogen and oxygen atoms in total. The number of pyridine rings is 1. The van der Waals surface area contributed by atoms with Gasteiger partial charge in [0.25, 0.3) is 0 Å². The second kappa shape index (κ2) is 9.40. The maximum Gasteiger partial charge on any atom is 0.339 e. The number of ether oxygens (including phenoxy) is 1. The molecule has 0 fully saturated rings. The average Bonchev–Trinajstić information content (AvgIpc) is 3.55. The highest BCUT2D eigenvalue weighted by molar-refractivity contribution is 7.13. The van der Waals surface area contributed by atoms with Gasteiger partial charge < -0.3 is 9.84 Å². The molecule has 1 aliphatic carbocycles. The second-order valence-corrected chi connectivity index (χ2v) is 9.54. The second-order valence-electron chi connectivity index (χ2n) is 8.68. The number of phenolic OH excluding ortho intramolecular Hbond substituents is 1. The van der Waals surface area contributed by atoms with Crippen LogP contribution in [-0.4, -0.2) is 21.0 Å². The molecule has 0 radical (unpaired) electrons. The van der Waals surface area contributed by atoms with E-state index in [1.54, 1.807) is 12.1 Å². The van der Waals surface area contributed by atoms with E-state index in [1.165, 1.54) is 11.3 Å². The summed E-state index contributed by atoms with van der Waals surface area (Å²) < 4.78 is 5.79. The number of hydrogen-bond acceptors (Lipinski definition) is 6. The lowest BCUT2D eigenvalue weighted by molar-refractivity contribution is 0.0469. The molecule has 0 amide bonds. The third-order valence-electron chi connectivity index (χ3n) is 6.30. The van der Waals surface area contributed by atoms with Crippen LogP contribution in [0, 0.1) is 0 Å². The van der Waals surface area contributed by atoms with Crippen molar-refractivity contribution in [1.82, 2.24) is 9.97 Å². The molecule has 0 saturated heterocycles. The Kier molecular flexibility index (Phi) is 5.79. The van der Waals surface area contributed by atoms with E-state index in [9.17, 15) is 9.90 Å². The summed E-state index contributed by atoms with van der Waals surface area (Å²) in [6, 6.07) is 24.7. The summed E-state index contributed by atoms with van der Waals surface area (Å²) in [5, 5.41) is 13.2. The van der Waals surface area contributed by atoms with Gasteiger partial charge in [-0.25, -0.2) is 14.8 Å². The van der Waals surface area contributed by atoms with Gasteiger partial charge in [-0.15, -0.1) is 11.3 Å². The minimum atomic E-state index is -0.356. The van der Waals surface area contributed by atoms with Gasteiger partial charge in [-0.1, -0.05) is 60.7 Å². The molecule has 6 rings (SSSR count). The number of nitrogens with zero attached hydrogens (tertiary/aromatic N) is 2. The van der Waals surface area contributed by atoms with E-state index in [0.29, 0.717) is 5.56 Å². The lowest BCUT2D eigenvalue weighted by Gasteiger charge is -2.12. The fourth-order valence-electron chi connectivity index (χ4n) is 4.58. The minimum Gasteiger partial charge on any atom is -0.508 e. The zero-order chi connectivity index (χ0) is 24.5. The normalized spacial score (nSPS) is 13.7. The molecular formula is C30H22N2O3S. The summed E-state index contributed by atoms with van der Waals surface area (Å²) in [5.41, 5.74) is 6.95. The Morgan fingerprint density at radius 3 is 2.56 bits per heavy atom. The number of benzene rings is 3. The molecule has 0 atom stereocenters. The van der Waals surface area contributed by atoms with Crippen LogP contribution >= 0.6 is 11.3 Å². The van der Waals surface area contributed by atoms with Crippen molar-refractivity contribution in [3.63, 3.8) is 0 Å². The number of para-hydroxylation sites is 1. The molecule has 6 heteroatoms. The van der Waals surface area contributed by atoms with Crippen molar-refractivity contribution in [2.75, 3.05) is 0 Å². The lowest BCUT2D eigenvalue weighted by atomic mass is 10.0. The molecule has 176 valence electrons. The van der Waals surface area contributed by atoms with Gasteiger partial charge in [0.2, 0.25) is 0 Å². The first-order valence-corrected chi connectivity index (χ1v) is 12.6. The van der Waals surface area contributed by atoms with Crippen LogP contribution in [0.5, 0.6) is 5.75 Å². The number of thiazole rings is 1. The molecular weight excluding hydrogens is 468 g/mol. The molecule has 0 unspecified atom stereocenters. The summed E-state index contributed by atoms with van der Waals surface area (Å²) in [5.74, 6) is -0.126. The van der Waals surface area contributed by atoms with Gasteiger partial charge in [-0.2, -0.15) is 0 Å². The molecule has 36 heavy (non-hydrogen) atoms. The van der Waals surface area contributed by atoms with Crippen molar-refractivity contribution < 1.29 is 14.6 Å². The topological polar surface area (TPSA) is 72.3 Å². The number of carbonyl (C=O) groups excluding carboxylic acids is 1. The first kappa shape index (κ1) is 22.2. The fourth-order valence-corrected chi connectivity index (χ4v) is 5.39. The van der Waals surface area contributed by atoms with Crippen molar-refractivity contribution in [3.05, 3.63) is 112 Å². The van der Waals surface area contributed by atoms with Crippen LogP contribution < -0.4 is 0 Å². The zero-order valence-electron chi connectivity index (χ0n) is 19.3. The first-order valence-electron chi connectivity index (χ1n) is 11.7. The van der Waals surface area contributed by atoms with Gasteiger partial charge in [0.05, 0.1) is 22.5 Å². The zero-order valence-corrected chi connectivity index (χ0v) is 20.2. The van der Waals surface area contributed by atoms with Crippen molar-refractivity contribution >= 4 is 39.9 Å². The van der Waals surface area contributed by atoms with Crippen molar-refractivity contribution in [2.45, 2.75) is 19.4 Å². The molecule has 2 aromatic heterocycles. The predicted octanol–water partition coefficient (Wildman–Crippen LogP) is 6.91. The summed E-state index contributed by atoms with van der Waals surface area (Å²) in [6.45, 7) is 0.115. The average molecular weight is 491 g/mol. The van der Waals surface area contributed by atoms with Gasteiger partial charge >= 0.3 is 5.97 Å². The molecule has 0 saturated carbocycles. The van der Waals surface area contributed by atoms with Crippen LogP contribution in [0.4, 0.5) is 0 Å². The number of aromatic hydroxyl groups is 1. The van der Waals surface area contributed by atoms with Crippen molar-refractivity contribution in [2.24, 2.45) is 0 Å². The van der Waals surface area contributed by atoms with E-state index in [-0.39, 0.29) is 18.3 Å². The van der Waals surface area contributed by atoms with Crippen LogP contribution in [-0.2, 0) is 17.8 Å². The number of fused-ring (bicyclic) bond motifs is 2. The number of esters is 1. The Labute approximate surface area is 212 Å². The molecule has 3 aromatic carbocycles. The molecule has 5 aromatic rings. The molecule has 0 spiro atoms. The molecule has 0 aliphatic heterocycles. The smallest absolute Gasteiger partial charge is 0.339 e. The Bertz CT molecular complexity index is 1610. The monoisotopic (exact) mass is 490 g/mol. The van der Waals surface area contributed by atoms with Crippen LogP contribution in [0.2, 0.25) is 0 Å². The Morgan fingerprint density at radius 2 is 1.72 bits per heavy atom. The van der Waals surface area contributed by atoms with E-state index in [0.717, 1.165) is 62.4 Å². The lowest BCUT2D eigenvalue weighted by Crippen LogP contribution is -2.10. The number of aromatic nitrogens is 2. The molecule has 1 N–H and O–H groups in total. The van der Waals surface area contributed by atoms with E-state index in [4.69, 9.17) is 9.72 Å². The largest absolute Gasteiger partial charge is 0.508 e. The van der Waals surface area contributed by atoms with Crippen molar-refractivity contribution in [1.29, 1.82) is 0 Å². The van der Waals surface area contributed by atoms with Gasteiger partial charge in [-0.3, -0.25) is 0 Å². The maximum atomic E-state index is 13.4. The predicted molar refractivity (Wildman–Crippen MR) is 143 cm³/mol. The summed E-state index contributed by atoms with van der Waals surface area (Å²) in [4.78, 5) is 23.0. The molecule has 2 heterocycles. The summed E-state index contributed by atoms with van der Waals surface area (Å²) in [6.07, 6.45) is 3.57. The Balaban J connectivity index is 1.31. The summed E-state index contributed by atoms with van der Waals surface area (Å²) in [7, 11) is 0. The number of allylic oxidation sites excluding steroid dienone is 1. The summed E-state index contributed by atoms with van der Waals surface area (Å²) >= 11 is 1.54. The Hall–Kier alpha value is -4.29. The van der Waals surface area contributed by atoms with E-state index < -0.39 is 0 Å². The van der Waals surface area contributed by atoms with Gasteiger partial charge in [-0.05, 0) is 53.8 Å². The van der Waals surface area contributed by atoms with Crippen LogP contribution in [0.3, 0.4) is 0 Å². The van der Waals surface area contributed by atoms with E-state index in [1.807, 2.05) is 72.1 Å². The maximum absolute atomic E-state index is 13.4. The molecule has 0 bridgehead atoms. The van der Waals surface area contributed by atoms with Crippen LogP contribution in [0.15, 0.2) is 84.2 Å². The highest BCUT2D eigenvalue weighted by Crippen LogP contribution is 2.38. The highest BCUT2D eigenvalue weighted by Gasteiger charge is 2.27. The Morgan fingerprint density at radius 1 is 0.944 bits per heavy atom.